The number of nitro benzene ring substituents is 1. The molecule has 2 heterocycles. The minimum atomic E-state index is -1.15. The summed E-state index contributed by atoms with van der Waals surface area (Å²) in [4.78, 5) is 72.6. The average Bonchev–Trinajstić information content (AvgIpc) is 3.83. The van der Waals surface area contributed by atoms with Crippen LogP contribution in [0.3, 0.4) is 0 Å². The second kappa shape index (κ2) is 19.9. The van der Waals surface area contributed by atoms with Crippen LogP contribution in [-0.4, -0.2) is 81.0 Å². The van der Waals surface area contributed by atoms with Gasteiger partial charge in [-0.2, -0.15) is 0 Å². The normalized spacial score (nSPS) is 17.6. The molecule has 4 amide bonds. The highest BCUT2D eigenvalue weighted by Gasteiger charge is 2.34. The van der Waals surface area contributed by atoms with Gasteiger partial charge in [-0.25, -0.2) is 4.98 Å². The Bertz CT molecular complexity index is 1750. The number of amides is 4. The number of carbonyl (C=O) groups is 4. The molecule has 1 unspecified atom stereocenters. The Morgan fingerprint density at radius 2 is 1.69 bits per heavy atom. The van der Waals surface area contributed by atoms with Crippen molar-refractivity contribution in [2.75, 3.05) is 13.2 Å². The molecule has 55 heavy (non-hydrogen) atoms. The molecule has 0 saturated heterocycles. The maximum atomic E-state index is 14.2. The van der Waals surface area contributed by atoms with Crippen LogP contribution in [0.4, 0.5) is 5.69 Å². The number of carbonyl (C=O) groups excluding carboxylic acids is 4. The Kier molecular flexibility index (Phi) is 14.7. The minimum absolute atomic E-state index is 0.0413. The van der Waals surface area contributed by atoms with Gasteiger partial charge in [-0.15, -0.1) is 0 Å². The molecule has 1 aliphatic carbocycles. The van der Waals surface area contributed by atoms with Crippen LogP contribution in [0, 0.1) is 22.0 Å². The molecule has 296 valence electrons. The first-order valence-electron chi connectivity index (χ1n) is 19.2. The van der Waals surface area contributed by atoms with Gasteiger partial charge in [-0.3, -0.25) is 29.3 Å². The topological polar surface area (TPSA) is 218 Å². The van der Waals surface area contributed by atoms with Gasteiger partial charge in [0.1, 0.15) is 17.8 Å². The van der Waals surface area contributed by atoms with Crippen LogP contribution in [0.1, 0.15) is 88.0 Å². The van der Waals surface area contributed by atoms with Crippen LogP contribution >= 0.6 is 0 Å². The monoisotopic (exact) mass is 759 g/mol. The van der Waals surface area contributed by atoms with Crippen molar-refractivity contribution in [1.82, 2.24) is 31.2 Å². The molecule has 1 aliphatic heterocycles. The number of hydrogen-bond donors (Lipinski definition) is 6. The zero-order chi connectivity index (χ0) is 39.3. The summed E-state index contributed by atoms with van der Waals surface area (Å²) in [5, 5.41) is 34.3. The first kappa shape index (κ1) is 40.9. The fourth-order valence-electron chi connectivity index (χ4n) is 7.28. The van der Waals surface area contributed by atoms with E-state index in [0.29, 0.717) is 30.0 Å². The molecule has 15 nitrogen and oxygen atoms in total. The SMILES string of the molecule is CC(C)CNC(=O)C[C@H](O)[C@H](CC1CCCCC1)NC(=O)[C@H](Cc1cnc[nH]1)NC(=O)[C@H](Cc1ccccc1)NC(=O)CC1COc2ccc([N+](=O)[O-])cc21. The van der Waals surface area contributed by atoms with E-state index in [0.717, 1.165) is 37.7 Å². The molecule has 5 atom stereocenters. The molecule has 0 spiro atoms. The molecule has 1 saturated carbocycles. The van der Waals surface area contributed by atoms with Gasteiger partial charge in [0.05, 0.1) is 36.4 Å². The molecule has 1 fully saturated rings. The molecular weight excluding hydrogens is 706 g/mol. The third-order valence-electron chi connectivity index (χ3n) is 10.3. The first-order chi connectivity index (χ1) is 26.4. The lowest BCUT2D eigenvalue weighted by molar-refractivity contribution is -0.384. The Morgan fingerprint density at radius 3 is 2.38 bits per heavy atom. The number of benzene rings is 2. The standard InChI is InChI=1S/C40H53N7O8/c1-25(2)21-42-37(49)20-35(48)32(15-26-9-5-3-6-10-26)45-40(52)34(18-29-22-41-24-43-29)46-39(51)33(16-27-11-7-4-8-12-27)44-38(50)17-28-23-55-36-14-13-30(47(53)54)19-31(28)36/h4,7-8,11-14,19,22,24-26,28,32-35,48H,3,5-6,9-10,15-18,20-21,23H2,1-2H3,(H,41,43)(H,42,49)(H,44,50)(H,45,52)(H,46,51)/t28?,32-,33-,34-,35-/m0/s1. The summed E-state index contributed by atoms with van der Waals surface area (Å²) in [7, 11) is 0. The number of aliphatic hydroxyl groups is 1. The first-order valence-corrected chi connectivity index (χ1v) is 19.2. The van der Waals surface area contributed by atoms with Gasteiger partial charge in [0.2, 0.25) is 23.6 Å². The quantitative estimate of drug-likeness (QED) is 0.0776. The third-order valence-corrected chi connectivity index (χ3v) is 10.3. The summed E-state index contributed by atoms with van der Waals surface area (Å²) in [6, 6.07) is 10.4. The van der Waals surface area contributed by atoms with Gasteiger partial charge in [0, 0.05) is 61.3 Å². The number of aliphatic hydroxyl groups excluding tert-OH is 1. The largest absolute Gasteiger partial charge is 0.493 e. The van der Waals surface area contributed by atoms with E-state index in [1.807, 2.05) is 44.2 Å². The smallest absolute Gasteiger partial charge is 0.269 e. The zero-order valence-electron chi connectivity index (χ0n) is 31.5. The lowest BCUT2D eigenvalue weighted by Gasteiger charge is -2.31. The van der Waals surface area contributed by atoms with Gasteiger partial charge in [-0.05, 0) is 29.9 Å². The zero-order valence-corrected chi connectivity index (χ0v) is 31.5. The Morgan fingerprint density at radius 1 is 0.964 bits per heavy atom. The van der Waals surface area contributed by atoms with Crippen LogP contribution in [0.5, 0.6) is 5.75 Å². The molecule has 2 aliphatic rings. The number of rotatable bonds is 19. The molecule has 15 heteroatoms. The molecular formula is C40H53N7O8. The molecule has 0 radical (unpaired) electrons. The van der Waals surface area contributed by atoms with E-state index in [1.165, 1.54) is 24.5 Å². The van der Waals surface area contributed by atoms with Crippen molar-refractivity contribution in [1.29, 1.82) is 0 Å². The maximum absolute atomic E-state index is 14.2. The van der Waals surface area contributed by atoms with E-state index in [-0.39, 0.29) is 55.7 Å². The number of aromatic amines is 1. The highest BCUT2D eigenvalue weighted by molar-refractivity contribution is 5.92. The number of imidazole rings is 1. The van der Waals surface area contributed by atoms with Gasteiger partial charge < -0.3 is 36.1 Å². The van der Waals surface area contributed by atoms with Crippen molar-refractivity contribution in [2.45, 2.75) is 108 Å². The summed E-state index contributed by atoms with van der Waals surface area (Å²) in [5.41, 5.74) is 1.79. The predicted molar refractivity (Wildman–Crippen MR) is 204 cm³/mol. The van der Waals surface area contributed by atoms with E-state index in [9.17, 15) is 34.4 Å². The third kappa shape index (κ3) is 12.4. The maximum Gasteiger partial charge on any atom is 0.269 e. The number of nitrogens with one attached hydrogen (secondary N) is 5. The van der Waals surface area contributed by atoms with E-state index in [4.69, 9.17) is 4.74 Å². The fourth-order valence-corrected chi connectivity index (χ4v) is 7.28. The Hall–Kier alpha value is -5.31. The van der Waals surface area contributed by atoms with Crippen LogP contribution in [0.2, 0.25) is 0 Å². The molecule has 1 aromatic heterocycles. The molecule has 0 bridgehead atoms. The molecule has 2 aromatic carbocycles. The number of non-ortho nitro benzene ring substituents is 1. The minimum Gasteiger partial charge on any atom is -0.493 e. The van der Waals surface area contributed by atoms with E-state index >= 15 is 0 Å². The van der Waals surface area contributed by atoms with Gasteiger partial charge in [0.25, 0.3) is 5.69 Å². The predicted octanol–water partition coefficient (Wildman–Crippen LogP) is 3.62. The van der Waals surface area contributed by atoms with E-state index in [1.54, 1.807) is 6.20 Å². The summed E-state index contributed by atoms with van der Waals surface area (Å²) >= 11 is 0. The van der Waals surface area contributed by atoms with Crippen molar-refractivity contribution in [3.63, 3.8) is 0 Å². The molecule has 3 aromatic rings. The highest BCUT2D eigenvalue weighted by Crippen LogP contribution is 2.38. The summed E-state index contributed by atoms with van der Waals surface area (Å²) in [6.07, 6.45) is 7.42. The van der Waals surface area contributed by atoms with Gasteiger partial charge in [-0.1, -0.05) is 76.3 Å². The second-order valence-electron chi connectivity index (χ2n) is 15.2. The number of ether oxygens (including phenoxy) is 1. The molecule has 5 rings (SSSR count). The second-order valence-corrected chi connectivity index (χ2v) is 15.2. The summed E-state index contributed by atoms with van der Waals surface area (Å²) in [6.45, 7) is 4.58. The Labute approximate surface area is 320 Å². The van der Waals surface area contributed by atoms with Crippen molar-refractivity contribution in [3.05, 3.63) is 88.0 Å². The van der Waals surface area contributed by atoms with Crippen molar-refractivity contribution in [3.8, 4) is 5.75 Å². The Balaban J connectivity index is 1.33. The van der Waals surface area contributed by atoms with Crippen molar-refractivity contribution in [2.24, 2.45) is 11.8 Å². The molecule has 6 N–H and O–H groups in total. The lowest BCUT2D eigenvalue weighted by atomic mass is 9.83. The highest BCUT2D eigenvalue weighted by atomic mass is 16.6. The number of nitro groups is 1. The van der Waals surface area contributed by atoms with Crippen LogP contribution < -0.4 is 26.0 Å². The van der Waals surface area contributed by atoms with Gasteiger partial charge in [0.15, 0.2) is 0 Å². The number of hydrogen-bond acceptors (Lipinski definition) is 9. The number of nitrogens with zero attached hydrogens (tertiary/aromatic N) is 2. The van der Waals surface area contributed by atoms with Crippen molar-refractivity contribution < 1.29 is 33.9 Å². The number of H-pyrrole nitrogens is 1. The lowest BCUT2D eigenvalue weighted by Crippen LogP contribution is -2.57. The summed E-state index contributed by atoms with van der Waals surface area (Å²) < 4.78 is 5.69. The van der Waals surface area contributed by atoms with E-state index < -0.39 is 52.8 Å². The van der Waals surface area contributed by atoms with Crippen molar-refractivity contribution >= 4 is 29.3 Å². The van der Waals surface area contributed by atoms with Crippen LogP contribution in [-0.2, 0) is 32.0 Å². The fraction of sp³-hybridized carbons (Fsp3) is 0.525. The van der Waals surface area contributed by atoms with E-state index in [2.05, 4.69) is 31.2 Å². The summed E-state index contributed by atoms with van der Waals surface area (Å²) in [5.74, 6) is -1.42. The average molecular weight is 760 g/mol. The van der Waals surface area contributed by atoms with Crippen LogP contribution in [0.15, 0.2) is 61.1 Å². The number of fused-ring (bicyclic) bond motifs is 1. The van der Waals surface area contributed by atoms with Gasteiger partial charge >= 0.3 is 0 Å². The van der Waals surface area contributed by atoms with Crippen LogP contribution in [0.25, 0.3) is 0 Å². The number of aromatic nitrogens is 2.